The van der Waals surface area contributed by atoms with Gasteiger partial charge in [-0.25, -0.2) is 14.1 Å². The fourth-order valence-electron chi connectivity index (χ4n) is 1.99. The maximum Gasteiger partial charge on any atom is 0.138 e. The molecule has 0 aliphatic heterocycles. The summed E-state index contributed by atoms with van der Waals surface area (Å²) in [5.41, 5.74) is 1.16. The van der Waals surface area contributed by atoms with E-state index in [2.05, 4.69) is 23.9 Å². The van der Waals surface area contributed by atoms with Crippen LogP contribution in [0, 0.1) is 5.82 Å². The molecule has 1 heterocycles. The maximum absolute atomic E-state index is 12.8. The Morgan fingerprint density at radius 3 is 2.56 bits per heavy atom. The molecule has 2 rings (SSSR count). The lowest BCUT2D eigenvalue weighted by Crippen LogP contribution is -2.08. The minimum absolute atomic E-state index is 0.182. The maximum atomic E-state index is 12.8. The number of hydrogen-bond acceptors (Lipinski definition) is 2. The highest BCUT2D eigenvalue weighted by atomic mass is 19.1. The summed E-state index contributed by atoms with van der Waals surface area (Å²) in [5, 5.41) is 4.21. The molecular weight excluding hydrogens is 229 g/mol. The summed E-state index contributed by atoms with van der Waals surface area (Å²) in [7, 11) is 0. The van der Waals surface area contributed by atoms with E-state index < -0.39 is 0 Å². The molecule has 3 nitrogen and oxygen atoms in total. The smallest absolute Gasteiger partial charge is 0.138 e. The SMILES string of the molecule is CC(C)n1ncnc1CCCc1ccc(F)cc1. The Labute approximate surface area is 107 Å². The van der Waals surface area contributed by atoms with Gasteiger partial charge in [-0.05, 0) is 44.4 Å². The summed E-state index contributed by atoms with van der Waals surface area (Å²) in [6.45, 7) is 4.19. The van der Waals surface area contributed by atoms with E-state index in [1.165, 1.54) is 12.1 Å². The van der Waals surface area contributed by atoms with Gasteiger partial charge in [-0.2, -0.15) is 5.10 Å². The third-order valence-electron chi connectivity index (χ3n) is 2.92. The quantitative estimate of drug-likeness (QED) is 0.812. The molecule has 18 heavy (non-hydrogen) atoms. The molecule has 0 saturated carbocycles. The van der Waals surface area contributed by atoms with Gasteiger partial charge in [-0.15, -0.1) is 0 Å². The van der Waals surface area contributed by atoms with Gasteiger partial charge in [0.15, 0.2) is 0 Å². The van der Waals surface area contributed by atoms with Crippen molar-refractivity contribution in [2.24, 2.45) is 0 Å². The first-order valence-electron chi connectivity index (χ1n) is 6.29. The molecule has 0 bridgehead atoms. The van der Waals surface area contributed by atoms with Crippen LogP contribution in [0.4, 0.5) is 4.39 Å². The molecule has 96 valence electrons. The zero-order chi connectivity index (χ0) is 13.0. The number of rotatable bonds is 5. The van der Waals surface area contributed by atoms with Crippen LogP contribution in [0.2, 0.25) is 0 Å². The van der Waals surface area contributed by atoms with Gasteiger partial charge in [0.2, 0.25) is 0 Å². The van der Waals surface area contributed by atoms with Crippen molar-refractivity contribution in [3.05, 3.63) is 47.8 Å². The zero-order valence-electron chi connectivity index (χ0n) is 10.8. The van der Waals surface area contributed by atoms with Crippen molar-refractivity contribution in [2.75, 3.05) is 0 Å². The van der Waals surface area contributed by atoms with Gasteiger partial charge in [0.25, 0.3) is 0 Å². The van der Waals surface area contributed by atoms with E-state index in [0.717, 1.165) is 30.7 Å². The molecule has 0 aliphatic rings. The van der Waals surface area contributed by atoms with Crippen molar-refractivity contribution in [1.82, 2.24) is 14.8 Å². The molecule has 0 aliphatic carbocycles. The first-order chi connectivity index (χ1) is 8.66. The van der Waals surface area contributed by atoms with Gasteiger partial charge >= 0.3 is 0 Å². The molecule has 1 aromatic heterocycles. The second-order valence-electron chi connectivity index (χ2n) is 4.69. The minimum atomic E-state index is -0.182. The summed E-state index contributed by atoms with van der Waals surface area (Å²) in [6.07, 6.45) is 4.44. The van der Waals surface area contributed by atoms with Crippen LogP contribution in [0.3, 0.4) is 0 Å². The third-order valence-corrected chi connectivity index (χ3v) is 2.92. The summed E-state index contributed by atoms with van der Waals surface area (Å²) < 4.78 is 14.7. The fourth-order valence-corrected chi connectivity index (χ4v) is 1.99. The molecule has 2 aromatic rings. The molecule has 1 aromatic carbocycles. The molecule has 0 atom stereocenters. The normalized spacial score (nSPS) is 11.1. The Kier molecular flexibility index (Phi) is 4.07. The Hall–Kier alpha value is -1.71. The van der Waals surface area contributed by atoms with E-state index >= 15 is 0 Å². The van der Waals surface area contributed by atoms with E-state index in [4.69, 9.17) is 0 Å². The van der Waals surface area contributed by atoms with Crippen LogP contribution in [0.1, 0.15) is 37.7 Å². The highest BCUT2D eigenvalue weighted by Gasteiger charge is 2.07. The second-order valence-corrected chi connectivity index (χ2v) is 4.69. The van der Waals surface area contributed by atoms with Gasteiger partial charge in [0.05, 0.1) is 0 Å². The third kappa shape index (κ3) is 3.15. The summed E-state index contributed by atoms with van der Waals surface area (Å²) >= 11 is 0. The van der Waals surface area contributed by atoms with Crippen LogP contribution >= 0.6 is 0 Å². The van der Waals surface area contributed by atoms with Crippen molar-refractivity contribution in [1.29, 1.82) is 0 Å². The number of nitrogens with zero attached hydrogens (tertiary/aromatic N) is 3. The standard InChI is InChI=1S/C14H18FN3/c1-11(2)18-14(16-10-17-18)5-3-4-12-6-8-13(15)9-7-12/h6-11H,3-5H2,1-2H3. The predicted molar refractivity (Wildman–Crippen MR) is 68.8 cm³/mol. The molecule has 0 saturated heterocycles. The van der Waals surface area contributed by atoms with Crippen LogP contribution in [0.25, 0.3) is 0 Å². The van der Waals surface area contributed by atoms with E-state index in [0.29, 0.717) is 6.04 Å². The van der Waals surface area contributed by atoms with E-state index in [9.17, 15) is 4.39 Å². The average molecular weight is 247 g/mol. The number of halogens is 1. The highest BCUT2D eigenvalue weighted by Crippen LogP contribution is 2.10. The van der Waals surface area contributed by atoms with Crippen LogP contribution < -0.4 is 0 Å². The largest absolute Gasteiger partial charge is 0.248 e. The van der Waals surface area contributed by atoms with E-state index in [1.807, 2.05) is 16.8 Å². The molecule has 0 N–H and O–H groups in total. The lowest BCUT2D eigenvalue weighted by atomic mass is 10.1. The first kappa shape index (κ1) is 12.7. The second kappa shape index (κ2) is 5.76. The zero-order valence-corrected chi connectivity index (χ0v) is 10.8. The van der Waals surface area contributed by atoms with Crippen LogP contribution in [-0.2, 0) is 12.8 Å². The molecule has 0 spiro atoms. The molecule has 0 unspecified atom stereocenters. The minimum Gasteiger partial charge on any atom is -0.248 e. The lowest BCUT2D eigenvalue weighted by molar-refractivity contribution is 0.501. The van der Waals surface area contributed by atoms with Gasteiger partial charge in [0, 0.05) is 12.5 Å². The number of benzene rings is 1. The summed E-state index contributed by atoms with van der Waals surface area (Å²) in [5.74, 6) is 0.838. The summed E-state index contributed by atoms with van der Waals surface area (Å²) in [6, 6.07) is 7.02. The lowest BCUT2D eigenvalue weighted by Gasteiger charge is -2.09. The highest BCUT2D eigenvalue weighted by molar-refractivity contribution is 5.16. The van der Waals surface area contributed by atoms with Crippen molar-refractivity contribution < 1.29 is 4.39 Å². The number of aromatic nitrogens is 3. The van der Waals surface area contributed by atoms with Crippen molar-refractivity contribution in [2.45, 2.75) is 39.2 Å². The summed E-state index contributed by atoms with van der Waals surface area (Å²) in [4.78, 5) is 4.27. The molecule has 0 fully saturated rings. The Balaban J connectivity index is 1.88. The Morgan fingerprint density at radius 2 is 1.89 bits per heavy atom. The fraction of sp³-hybridized carbons (Fsp3) is 0.429. The predicted octanol–water partition coefficient (Wildman–Crippen LogP) is 3.17. The van der Waals surface area contributed by atoms with Gasteiger partial charge in [-0.3, -0.25) is 0 Å². The molecule has 0 radical (unpaired) electrons. The van der Waals surface area contributed by atoms with E-state index in [1.54, 1.807) is 6.33 Å². The first-order valence-corrected chi connectivity index (χ1v) is 6.29. The van der Waals surface area contributed by atoms with Gasteiger partial charge in [0.1, 0.15) is 18.0 Å². The number of aryl methyl sites for hydroxylation is 2. The van der Waals surface area contributed by atoms with Crippen molar-refractivity contribution in [3.63, 3.8) is 0 Å². The Bertz CT molecular complexity index is 488. The van der Waals surface area contributed by atoms with E-state index in [-0.39, 0.29) is 5.82 Å². The van der Waals surface area contributed by atoms with Crippen LogP contribution in [0.5, 0.6) is 0 Å². The van der Waals surface area contributed by atoms with Crippen LogP contribution in [-0.4, -0.2) is 14.8 Å². The number of hydrogen-bond donors (Lipinski definition) is 0. The Morgan fingerprint density at radius 1 is 1.17 bits per heavy atom. The average Bonchev–Trinajstić information content (AvgIpc) is 2.80. The molecule has 0 amide bonds. The van der Waals surface area contributed by atoms with Crippen molar-refractivity contribution >= 4 is 0 Å². The monoisotopic (exact) mass is 247 g/mol. The van der Waals surface area contributed by atoms with Gasteiger partial charge in [-0.1, -0.05) is 12.1 Å². The van der Waals surface area contributed by atoms with Gasteiger partial charge < -0.3 is 0 Å². The molecule has 4 heteroatoms. The van der Waals surface area contributed by atoms with Crippen molar-refractivity contribution in [3.8, 4) is 0 Å². The van der Waals surface area contributed by atoms with Crippen LogP contribution in [0.15, 0.2) is 30.6 Å². The topological polar surface area (TPSA) is 30.7 Å². The molecular formula is C14H18FN3.